The average molecular weight is 198 g/mol. The molecule has 0 aromatic rings. The predicted octanol–water partition coefficient (Wildman–Crippen LogP) is -0.833. The summed E-state index contributed by atoms with van der Waals surface area (Å²) in [5.74, 6) is -0.134. The molecule has 0 saturated carbocycles. The third kappa shape index (κ3) is 7.53. The largest absolute Gasteiger partial charge is 0.342 e. The summed E-state index contributed by atoms with van der Waals surface area (Å²) in [6.07, 6.45) is 0. The topological polar surface area (TPSA) is 68.2 Å². The fourth-order valence-electron chi connectivity index (χ4n) is 0.831. The molecule has 0 aliphatic carbocycles. The van der Waals surface area contributed by atoms with Crippen LogP contribution in [0.3, 0.4) is 0 Å². The van der Waals surface area contributed by atoms with E-state index in [1.807, 2.05) is 13.1 Å². The molecule has 0 unspecified atom stereocenters. The lowest BCUT2D eigenvalue weighted by Crippen LogP contribution is -2.37. The van der Waals surface area contributed by atoms with E-state index in [4.69, 9.17) is 5.26 Å². The number of nitrogens with one attached hydrogen (secondary N) is 2. The van der Waals surface area contributed by atoms with E-state index in [9.17, 15) is 4.79 Å². The average Bonchev–Trinajstić information content (AvgIpc) is 2.21. The van der Waals surface area contributed by atoms with Gasteiger partial charge in [-0.05, 0) is 13.6 Å². The molecule has 2 N–H and O–H groups in total. The Balaban J connectivity index is 3.28. The molecule has 0 aromatic carbocycles. The minimum atomic E-state index is -0.134. The van der Waals surface area contributed by atoms with Gasteiger partial charge < -0.3 is 15.5 Å². The molecule has 0 heterocycles. The highest BCUT2D eigenvalue weighted by molar-refractivity contribution is 5.78. The van der Waals surface area contributed by atoms with Crippen molar-refractivity contribution in [1.29, 1.82) is 5.26 Å². The first kappa shape index (κ1) is 12.9. The van der Waals surface area contributed by atoms with Crippen molar-refractivity contribution in [2.75, 3.05) is 39.8 Å². The molecule has 0 aromatic heterocycles. The van der Waals surface area contributed by atoms with Crippen LogP contribution in [0, 0.1) is 11.3 Å². The number of carbonyl (C=O) groups excluding carboxylic acids is 1. The Morgan fingerprint density at radius 1 is 1.57 bits per heavy atom. The summed E-state index contributed by atoms with van der Waals surface area (Å²) in [4.78, 5) is 13.1. The smallest absolute Gasteiger partial charge is 0.234 e. The van der Waals surface area contributed by atoms with Gasteiger partial charge in [-0.1, -0.05) is 6.92 Å². The maximum absolute atomic E-state index is 11.0. The number of hydrogen-bond donors (Lipinski definition) is 2. The van der Waals surface area contributed by atoms with Gasteiger partial charge in [-0.15, -0.1) is 0 Å². The van der Waals surface area contributed by atoms with Gasteiger partial charge in [0.05, 0.1) is 12.6 Å². The maximum atomic E-state index is 11.0. The van der Waals surface area contributed by atoms with E-state index < -0.39 is 0 Å². The number of nitrogens with zero attached hydrogens (tertiary/aromatic N) is 2. The normalized spacial score (nSPS) is 9.86. The van der Waals surface area contributed by atoms with E-state index in [0.717, 1.165) is 19.6 Å². The highest BCUT2D eigenvalue weighted by Crippen LogP contribution is 1.77. The van der Waals surface area contributed by atoms with Crippen LogP contribution in [0.15, 0.2) is 0 Å². The summed E-state index contributed by atoms with van der Waals surface area (Å²) < 4.78 is 0. The second-order valence-electron chi connectivity index (χ2n) is 3.01. The molecule has 14 heavy (non-hydrogen) atoms. The molecule has 0 aliphatic rings. The Kier molecular flexibility index (Phi) is 7.80. The van der Waals surface area contributed by atoms with Gasteiger partial charge in [-0.3, -0.25) is 4.79 Å². The van der Waals surface area contributed by atoms with Gasteiger partial charge in [0, 0.05) is 13.1 Å². The molecule has 0 rings (SSSR count). The van der Waals surface area contributed by atoms with Crippen molar-refractivity contribution in [3.8, 4) is 6.07 Å². The van der Waals surface area contributed by atoms with Crippen LogP contribution in [0.25, 0.3) is 0 Å². The van der Waals surface area contributed by atoms with Gasteiger partial charge in [-0.2, -0.15) is 5.26 Å². The third-order valence-electron chi connectivity index (χ3n) is 1.86. The molecular formula is C9H18N4O. The van der Waals surface area contributed by atoms with E-state index in [0.29, 0.717) is 0 Å². The molecule has 5 heteroatoms. The lowest BCUT2D eigenvalue weighted by atomic mass is 10.5. The van der Waals surface area contributed by atoms with Crippen LogP contribution in [-0.2, 0) is 4.79 Å². The monoisotopic (exact) mass is 198 g/mol. The van der Waals surface area contributed by atoms with E-state index in [1.54, 1.807) is 0 Å². The van der Waals surface area contributed by atoms with Crippen LogP contribution in [0.5, 0.6) is 0 Å². The van der Waals surface area contributed by atoms with Gasteiger partial charge in [0.2, 0.25) is 5.91 Å². The molecule has 0 bridgehead atoms. The first-order chi connectivity index (χ1) is 6.70. The van der Waals surface area contributed by atoms with Crippen LogP contribution >= 0.6 is 0 Å². The van der Waals surface area contributed by atoms with Gasteiger partial charge in [0.1, 0.15) is 6.54 Å². The molecule has 0 fully saturated rings. The molecule has 0 radical (unpaired) electrons. The second kappa shape index (κ2) is 8.48. The Hall–Kier alpha value is -1.12. The lowest BCUT2D eigenvalue weighted by Gasteiger charge is -2.13. The highest BCUT2D eigenvalue weighted by Gasteiger charge is 1.99. The second-order valence-corrected chi connectivity index (χ2v) is 3.01. The molecule has 0 saturated heterocycles. The van der Waals surface area contributed by atoms with Crippen molar-refractivity contribution in [2.45, 2.75) is 6.92 Å². The lowest BCUT2D eigenvalue weighted by molar-refractivity contribution is -0.120. The van der Waals surface area contributed by atoms with E-state index in [2.05, 4.69) is 22.5 Å². The molecular weight excluding hydrogens is 180 g/mol. The fourth-order valence-corrected chi connectivity index (χ4v) is 0.831. The predicted molar refractivity (Wildman–Crippen MR) is 54.7 cm³/mol. The summed E-state index contributed by atoms with van der Waals surface area (Å²) >= 11 is 0. The van der Waals surface area contributed by atoms with Gasteiger partial charge >= 0.3 is 0 Å². The SMILES string of the molecule is CCN(C)CCNCC(=O)NCC#N. The Labute approximate surface area is 85.1 Å². The van der Waals surface area contributed by atoms with E-state index in [-0.39, 0.29) is 19.0 Å². The van der Waals surface area contributed by atoms with Crippen LogP contribution in [0.1, 0.15) is 6.92 Å². The van der Waals surface area contributed by atoms with Gasteiger partial charge in [0.15, 0.2) is 0 Å². The minimum absolute atomic E-state index is 0.0787. The zero-order valence-electron chi connectivity index (χ0n) is 8.84. The first-order valence-corrected chi connectivity index (χ1v) is 4.73. The van der Waals surface area contributed by atoms with Crippen molar-refractivity contribution < 1.29 is 4.79 Å². The third-order valence-corrected chi connectivity index (χ3v) is 1.86. The van der Waals surface area contributed by atoms with E-state index >= 15 is 0 Å². The van der Waals surface area contributed by atoms with Crippen molar-refractivity contribution in [3.63, 3.8) is 0 Å². The highest BCUT2D eigenvalue weighted by atomic mass is 16.1. The number of likely N-dealkylation sites (N-methyl/N-ethyl adjacent to an activating group) is 1. The van der Waals surface area contributed by atoms with Crippen LogP contribution in [-0.4, -0.2) is 50.6 Å². The number of amides is 1. The van der Waals surface area contributed by atoms with Crippen molar-refractivity contribution in [2.24, 2.45) is 0 Å². The van der Waals surface area contributed by atoms with Crippen LogP contribution < -0.4 is 10.6 Å². The molecule has 1 amide bonds. The van der Waals surface area contributed by atoms with Crippen LogP contribution in [0.4, 0.5) is 0 Å². The molecule has 0 spiro atoms. The van der Waals surface area contributed by atoms with Crippen LogP contribution in [0.2, 0.25) is 0 Å². The maximum Gasteiger partial charge on any atom is 0.234 e. The van der Waals surface area contributed by atoms with Gasteiger partial charge in [0.25, 0.3) is 0 Å². The summed E-state index contributed by atoms with van der Waals surface area (Å²) in [5, 5.41) is 13.7. The zero-order chi connectivity index (χ0) is 10.8. The summed E-state index contributed by atoms with van der Waals surface area (Å²) in [6, 6.07) is 1.85. The first-order valence-electron chi connectivity index (χ1n) is 4.73. The van der Waals surface area contributed by atoms with Crippen molar-refractivity contribution in [1.82, 2.24) is 15.5 Å². The number of nitriles is 1. The number of rotatable bonds is 7. The van der Waals surface area contributed by atoms with Crippen molar-refractivity contribution >= 4 is 5.91 Å². The molecule has 80 valence electrons. The van der Waals surface area contributed by atoms with Gasteiger partial charge in [-0.25, -0.2) is 0 Å². The fraction of sp³-hybridized carbons (Fsp3) is 0.778. The summed E-state index contributed by atoms with van der Waals surface area (Å²) in [5.41, 5.74) is 0. The standard InChI is InChI=1S/C9H18N4O/c1-3-13(2)7-6-11-8-9(14)12-5-4-10/h11H,3,5-8H2,1-2H3,(H,12,14). The zero-order valence-corrected chi connectivity index (χ0v) is 8.84. The summed E-state index contributed by atoms with van der Waals surface area (Å²) in [6.45, 7) is 5.14. The van der Waals surface area contributed by atoms with E-state index in [1.165, 1.54) is 0 Å². The Bertz CT molecular complexity index is 199. The number of hydrogen-bond acceptors (Lipinski definition) is 4. The van der Waals surface area contributed by atoms with Crippen molar-refractivity contribution in [3.05, 3.63) is 0 Å². The number of carbonyl (C=O) groups is 1. The Morgan fingerprint density at radius 2 is 2.29 bits per heavy atom. The summed E-state index contributed by atoms with van der Waals surface area (Å²) in [7, 11) is 2.03. The Morgan fingerprint density at radius 3 is 2.86 bits per heavy atom. The quantitative estimate of drug-likeness (QED) is 0.414. The minimum Gasteiger partial charge on any atom is -0.342 e. The molecule has 0 aliphatic heterocycles. The molecule has 0 atom stereocenters. The molecule has 5 nitrogen and oxygen atoms in total.